The Labute approximate surface area is 113 Å². The summed E-state index contributed by atoms with van der Waals surface area (Å²) in [6.45, 7) is 4.54. The molecule has 1 amide bonds. The molecule has 0 fully saturated rings. The molecule has 100 valence electrons. The van der Waals surface area contributed by atoms with Crippen molar-refractivity contribution in [2.75, 3.05) is 29.9 Å². The number of benzene rings is 1. The number of anilines is 2. The van der Waals surface area contributed by atoms with Crippen LogP contribution in [0.15, 0.2) is 18.2 Å². The Balaban J connectivity index is 2.46. The van der Waals surface area contributed by atoms with Gasteiger partial charge in [-0.05, 0) is 32.0 Å². The maximum absolute atomic E-state index is 12.2. The van der Waals surface area contributed by atoms with Crippen LogP contribution in [0.4, 0.5) is 11.4 Å². The van der Waals surface area contributed by atoms with Crippen molar-refractivity contribution in [1.82, 2.24) is 0 Å². The number of hydrogen-bond donors (Lipinski definition) is 1. The van der Waals surface area contributed by atoms with E-state index in [1.165, 1.54) is 0 Å². The molecule has 2 rings (SSSR count). The molecule has 0 saturated heterocycles. The number of fused-ring (bicyclic) bond motifs is 1. The molecule has 5 nitrogen and oxygen atoms in total. The first-order valence-electron chi connectivity index (χ1n) is 6.16. The van der Waals surface area contributed by atoms with Gasteiger partial charge >= 0.3 is 0 Å². The average Bonchev–Trinajstić information content (AvgIpc) is 2.32. The lowest BCUT2D eigenvalue weighted by molar-refractivity contribution is -0.117. The highest BCUT2D eigenvalue weighted by Gasteiger charge is 2.30. The van der Waals surface area contributed by atoms with Gasteiger partial charge in [0.2, 0.25) is 5.91 Å². The van der Waals surface area contributed by atoms with Gasteiger partial charge in [0.1, 0.15) is 0 Å². The summed E-state index contributed by atoms with van der Waals surface area (Å²) in [7, 11) is 1.85. The van der Waals surface area contributed by atoms with Crippen LogP contribution in [0.5, 0.6) is 0 Å². The first-order chi connectivity index (χ1) is 8.81. The second-order valence-electron chi connectivity index (χ2n) is 5.64. The predicted octanol–water partition coefficient (Wildman–Crippen LogP) is 1.08. The Morgan fingerprint density at radius 3 is 2.68 bits per heavy atom. The molecule has 1 aromatic rings. The monoisotopic (exact) mass is 258 g/mol. The second kappa shape index (κ2) is 4.56. The molecule has 0 aromatic heterocycles. The first kappa shape index (κ1) is 13.4. The number of carbonyl (C=O) groups is 1. The lowest BCUT2D eigenvalue weighted by atomic mass is 10.0. The molecule has 0 unspecified atom stereocenters. The molecule has 1 heterocycles. The highest BCUT2D eigenvalue weighted by molar-refractivity contribution is 6.03. The summed E-state index contributed by atoms with van der Waals surface area (Å²) >= 11 is 0. The number of nitrogens with zero attached hydrogens (tertiary/aromatic N) is 3. The van der Waals surface area contributed by atoms with E-state index in [4.69, 9.17) is 11.0 Å². The third-order valence-corrected chi connectivity index (χ3v) is 3.05. The SMILES string of the molecule is CN1CC(=O)N(CC(C)(C)N)c2ccc(C#N)cc21. The van der Waals surface area contributed by atoms with Gasteiger partial charge in [-0.25, -0.2) is 0 Å². The smallest absolute Gasteiger partial charge is 0.246 e. The van der Waals surface area contributed by atoms with E-state index >= 15 is 0 Å². The lowest BCUT2D eigenvalue weighted by Crippen LogP contribution is -2.52. The van der Waals surface area contributed by atoms with Gasteiger partial charge in [-0.2, -0.15) is 5.26 Å². The van der Waals surface area contributed by atoms with Crippen LogP contribution >= 0.6 is 0 Å². The average molecular weight is 258 g/mol. The van der Waals surface area contributed by atoms with E-state index in [1.807, 2.05) is 31.9 Å². The molecule has 0 saturated carbocycles. The molecule has 0 bridgehead atoms. The van der Waals surface area contributed by atoms with Gasteiger partial charge in [0, 0.05) is 19.1 Å². The molecule has 0 aliphatic carbocycles. The quantitative estimate of drug-likeness (QED) is 0.861. The van der Waals surface area contributed by atoms with Crippen LogP contribution in [0.3, 0.4) is 0 Å². The summed E-state index contributed by atoms with van der Waals surface area (Å²) in [4.78, 5) is 15.7. The molecule has 0 radical (unpaired) electrons. The van der Waals surface area contributed by atoms with E-state index in [-0.39, 0.29) is 5.91 Å². The van der Waals surface area contributed by atoms with E-state index in [2.05, 4.69) is 6.07 Å². The van der Waals surface area contributed by atoms with Crippen molar-refractivity contribution in [3.05, 3.63) is 23.8 Å². The second-order valence-corrected chi connectivity index (χ2v) is 5.64. The van der Waals surface area contributed by atoms with Crippen LogP contribution in [0, 0.1) is 11.3 Å². The number of amides is 1. The van der Waals surface area contributed by atoms with Gasteiger partial charge in [0.25, 0.3) is 0 Å². The minimum Gasteiger partial charge on any atom is -0.364 e. The Hall–Kier alpha value is -2.06. The van der Waals surface area contributed by atoms with Crippen molar-refractivity contribution in [3.63, 3.8) is 0 Å². The number of carbonyl (C=O) groups excluding carboxylic acids is 1. The fourth-order valence-electron chi connectivity index (χ4n) is 2.22. The molecule has 1 aliphatic rings. The molecule has 2 N–H and O–H groups in total. The van der Waals surface area contributed by atoms with Crippen LogP contribution in [-0.4, -0.2) is 31.6 Å². The van der Waals surface area contributed by atoms with Gasteiger partial charge in [0.15, 0.2) is 0 Å². The summed E-state index contributed by atoms with van der Waals surface area (Å²) in [6, 6.07) is 7.46. The van der Waals surface area contributed by atoms with Gasteiger partial charge < -0.3 is 15.5 Å². The van der Waals surface area contributed by atoms with Crippen LogP contribution in [0.25, 0.3) is 0 Å². The molecule has 1 aliphatic heterocycles. The molecular formula is C14H18N4O. The maximum Gasteiger partial charge on any atom is 0.246 e. The normalized spacial score (nSPS) is 15.2. The third-order valence-electron chi connectivity index (χ3n) is 3.05. The number of likely N-dealkylation sites (N-methyl/N-ethyl adjacent to an activating group) is 1. The van der Waals surface area contributed by atoms with E-state index < -0.39 is 5.54 Å². The van der Waals surface area contributed by atoms with Crippen LogP contribution in [0.1, 0.15) is 19.4 Å². The molecule has 0 atom stereocenters. The van der Waals surface area contributed by atoms with E-state index in [0.29, 0.717) is 18.7 Å². The fraction of sp³-hybridized carbons (Fsp3) is 0.429. The van der Waals surface area contributed by atoms with Crippen LogP contribution in [0.2, 0.25) is 0 Å². The molecule has 0 spiro atoms. The molecule has 19 heavy (non-hydrogen) atoms. The summed E-state index contributed by atoms with van der Waals surface area (Å²) in [6.07, 6.45) is 0. The number of hydrogen-bond acceptors (Lipinski definition) is 4. The Kier molecular flexibility index (Phi) is 3.21. The van der Waals surface area contributed by atoms with Crippen LogP contribution < -0.4 is 15.5 Å². The van der Waals surface area contributed by atoms with Crippen molar-refractivity contribution in [2.24, 2.45) is 5.73 Å². The van der Waals surface area contributed by atoms with Crippen LogP contribution in [-0.2, 0) is 4.79 Å². The van der Waals surface area contributed by atoms with Crippen molar-refractivity contribution in [2.45, 2.75) is 19.4 Å². The standard InChI is InChI=1S/C14H18N4O/c1-14(2,16)9-18-11-5-4-10(7-15)6-12(11)17(3)8-13(18)19/h4-6H,8-9,16H2,1-3H3. The predicted molar refractivity (Wildman–Crippen MR) is 75.0 cm³/mol. The minimum absolute atomic E-state index is 0.0261. The first-order valence-corrected chi connectivity index (χ1v) is 6.16. The van der Waals surface area contributed by atoms with E-state index in [9.17, 15) is 4.79 Å². The largest absolute Gasteiger partial charge is 0.364 e. The fourth-order valence-corrected chi connectivity index (χ4v) is 2.22. The summed E-state index contributed by atoms with van der Waals surface area (Å²) in [5.74, 6) is 0.0261. The highest BCUT2D eigenvalue weighted by atomic mass is 16.2. The van der Waals surface area contributed by atoms with Gasteiger partial charge in [-0.1, -0.05) is 0 Å². The Morgan fingerprint density at radius 2 is 2.11 bits per heavy atom. The summed E-state index contributed by atoms with van der Waals surface area (Å²) in [5.41, 5.74) is 7.85. The molecule has 5 heteroatoms. The number of rotatable bonds is 2. The summed E-state index contributed by atoms with van der Waals surface area (Å²) in [5, 5.41) is 8.96. The zero-order valence-electron chi connectivity index (χ0n) is 11.5. The van der Waals surface area contributed by atoms with E-state index in [0.717, 1.165) is 11.4 Å². The third kappa shape index (κ3) is 2.69. The van der Waals surface area contributed by atoms with Crippen molar-refractivity contribution >= 4 is 17.3 Å². The van der Waals surface area contributed by atoms with Crippen molar-refractivity contribution < 1.29 is 4.79 Å². The maximum atomic E-state index is 12.2. The summed E-state index contributed by atoms with van der Waals surface area (Å²) < 4.78 is 0. The zero-order chi connectivity index (χ0) is 14.2. The van der Waals surface area contributed by atoms with Gasteiger partial charge in [-0.3, -0.25) is 4.79 Å². The van der Waals surface area contributed by atoms with E-state index in [1.54, 1.807) is 17.0 Å². The molecule has 1 aromatic carbocycles. The van der Waals surface area contributed by atoms with Crippen molar-refractivity contribution in [3.8, 4) is 6.07 Å². The van der Waals surface area contributed by atoms with Gasteiger partial charge in [-0.15, -0.1) is 0 Å². The number of nitriles is 1. The highest BCUT2D eigenvalue weighted by Crippen LogP contribution is 2.34. The molecular weight excluding hydrogens is 240 g/mol. The lowest BCUT2D eigenvalue weighted by Gasteiger charge is -2.38. The van der Waals surface area contributed by atoms with Crippen molar-refractivity contribution in [1.29, 1.82) is 5.26 Å². The topological polar surface area (TPSA) is 73.4 Å². The van der Waals surface area contributed by atoms with Gasteiger partial charge in [0.05, 0.1) is 29.6 Å². The Bertz CT molecular complexity index is 554. The zero-order valence-corrected chi connectivity index (χ0v) is 11.5. The number of nitrogens with two attached hydrogens (primary N) is 1. The minimum atomic E-state index is -0.462. The Morgan fingerprint density at radius 1 is 1.42 bits per heavy atom.